The first-order valence-electron chi connectivity index (χ1n) is 6.10. The van der Waals surface area contributed by atoms with Crippen molar-refractivity contribution >= 4 is 15.7 Å². The van der Waals surface area contributed by atoms with Crippen molar-refractivity contribution in [2.45, 2.75) is 11.4 Å². The Labute approximate surface area is 121 Å². The lowest BCUT2D eigenvalue weighted by atomic mass is 10.2. The molecule has 2 rings (SSSR count). The van der Waals surface area contributed by atoms with Crippen molar-refractivity contribution in [3.8, 4) is 0 Å². The molecule has 0 aliphatic rings. The fraction of sp³-hybridized carbons (Fsp3) is 0.143. The first-order valence-corrected chi connectivity index (χ1v) is 7.54. The van der Waals surface area contributed by atoms with Gasteiger partial charge in [0, 0.05) is 13.6 Å². The van der Waals surface area contributed by atoms with E-state index in [4.69, 9.17) is 5.73 Å². The van der Waals surface area contributed by atoms with Gasteiger partial charge in [-0.2, -0.15) is 0 Å². The molecular weight excluding hydrogens is 298 g/mol. The Morgan fingerprint density at radius 2 is 1.81 bits per heavy atom. The van der Waals surface area contributed by atoms with Crippen LogP contribution in [-0.2, 0) is 16.6 Å². The molecule has 0 aliphatic heterocycles. The van der Waals surface area contributed by atoms with E-state index in [1.54, 1.807) is 0 Å². The summed E-state index contributed by atoms with van der Waals surface area (Å²) in [6.45, 7) is -0.0695. The molecule has 2 aromatic carbocycles. The lowest BCUT2D eigenvalue weighted by molar-refractivity contribution is 0.584. The zero-order valence-electron chi connectivity index (χ0n) is 11.3. The van der Waals surface area contributed by atoms with E-state index in [2.05, 4.69) is 0 Å². The van der Waals surface area contributed by atoms with Crippen molar-refractivity contribution < 1.29 is 17.2 Å². The van der Waals surface area contributed by atoms with Crippen LogP contribution in [0.2, 0.25) is 0 Å². The van der Waals surface area contributed by atoms with E-state index >= 15 is 0 Å². The topological polar surface area (TPSA) is 63.4 Å². The Kier molecular flexibility index (Phi) is 4.24. The number of nitrogens with two attached hydrogens (primary N) is 1. The number of benzene rings is 2. The van der Waals surface area contributed by atoms with Gasteiger partial charge in [-0.1, -0.05) is 18.2 Å². The van der Waals surface area contributed by atoms with Gasteiger partial charge >= 0.3 is 0 Å². The molecule has 0 radical (unpaired) electrons. The highest BCUT2D eigenvalue weighted by Gasteiger charge is 2.26. The molecule has 112 valence electrons. The summed E-state index contributed by atoms with van der Waals surface area (Å²) in [6.07, 6.45) is 0. The SMILES string of the molecule is CN(c1ccccc1F)S(=O)(=O)c1cc(F)ccc1CN. The van der Waals surface area contributed by atoms with Crippen molar-refractivity contribution in [3.05, 3.63) is 59.7 Å². The average Bonchev–Trinajstić information content (AvgIpc) is 2.47. The molecule has 7 heteroatoms. The molecule has 4 nitrogen and oxygen atoms in total. The molecule has 0 amide bonds. The maximum absolute atomic E-state index is 13.7. The number of rotatable bonds is 4. The van der Waals surface area contributed by atoms with E-state index in [9.17, 15) is 17.2 Å². The third kappa shape index (κ3) is 2.88. The molecule has 2 aromatic rings. The molecule has 0 aliphatic carbocycles. The molecule has 0 unspecified atom stereocenters. The zero-order valence-corrected chi connectivity index (χ0v) is 12.1. The molecule has 0 aromatic heterocycles. The van der Waals surface area contributed by atoms with Crippen LogP contribution in [0.15, 0.2) is 47.4 Å². The minimum atomic E-state index is -4.11. The van der Waals surface area contributed by atoms with Crippen molar-refractivity contribution in [2.75, 3.05) is 11.4 Å². The summed E-state index contributed by atoms with van der Waals surface area (Å²) < 4.78 is 53.0. The highest BCUT2D eigenvalue weighted by molar-refractivity contribution is 7.92. The standard InChI is InChI=1S/C14H14F2N2O2S/c1-18(13-5-3-2-4-12(13)16)21(19,20)14-8-11(15)7-6-10(14)9-17/h2-8H,9,17H2,1H3. The number of hydrogen-bond donors (Lipinski definition) is 1. The summed E-state index contributed by atoms with van der Waals surface area (Å²) >= 11 is 0. The van der Waals surface area contributed by atoms with Crippen molar-refractivity contribution in [1.29, 1.82) is 0 Å². The van der Waals surface area contributed by atoms with Gasteiger partial charge in [-0.15, -0.1) is 0 Å². The molecule has 0 saturated carbocycles. The van der Waals surface area contributed by atoms with E-state index < -0.39 is 21.7 Å². The Balaban J connectivity index is 2.57. The predicted octanol–water partition coefficient (Wildman–Crippen LogP) is 2.25. The quantitative estimate of drug-likeness (QED) is 0.942. The van der Waals surface area contributed by atoms with Crippen LogP contribution in [0.25, 0.3) is 0 Å². The van der Waals surface area contributed by atoms with Crippen LogP contribution in [0.5, 0.6) is 0 Å². The molecule has 21 heavy (non-hydrogen) atoms. The predicted molar refractivity (Wildman–Crippen MR) is 76.3 cm³/mol. The van der Waals surface area contributed by atoms with Gasteiger partial charge in [0.1, 0.15) is 11.6 Å². The maximum Gasteiger partial charge on any atom is 0.264 e. The number of halogens is 2. The average molecular weight is 312 g/mol. The van der Waals surface area contributed by atoms with Crippen LogP contribution in [-0.4, -0.2) is 15.5 Å². The highest BCUT2D eigenvalue weighted by atomic mass is 32.2. The van der Waals surface area contributed by atoms with Gasteiger partial charge in [-0.3, -0.25) is 4.31 Å². The van der Waals surface area contributed by atoms with E-state index in [1.807, 2.05) is 0 Å². The van der Waals surface area contributed by atoms with E-state index in [-0.39, 0.29) is 22.7 Å². The van der Waals surface area contributed by atoms with E-state index in [0.717, 1.165) is 22.5 Å². The fourth-order valence-electron chi connectivity index (χ4n) is 1.92. The lowest BCUT2D eigenvalue weighted by Crippen LogP contribution is -2.28. The first kappa shape index (κ1) is 15.4. The van der Waals surface area contributed by atoms with Gasteiger partial charge < -0.3 is 5.73 Å². The molecule has 0 bridgehead atoms. The monoisotopic (exact) mass is 312 g/mol. The van der Waals surface area contributed by atoms with Gasteiger partial charge in [0.2, 0.25) is 0 Å². The Morgan fingerprint density at radius 1 is 1.14 bits per heavy atom. The second kappa shape index (κ2) is 5.79. The van der Waals surface area contributed by atoms with E-state index in [1.165, 1.54) is 31.3 Å². The Morgan fingerprint density at radius 3 is 2.43 bits per heavy atom. The van der Waals surface area contributed by atoms with Crippen molar-refractivity contribution in [1.82, 2.24) is 0 Å². The molecule has 0 atom stereocenters. The van der Waals surface area contributed by atoms with Crippen LogP contribution in [0, 0.1) is 11.6 Å². The summed E-state index contributed by atoms with van der Waals surface area (Å²) in [7, 11) is -2.90. The van der Waals surface area contributed by atoms with Crippen LogP contribution < -0.4 is 10.0 Å². The third-order valence-corrected chi connectivity index (χ3v) is 4.93. The molecule has 0 saturated heterocycles. The summed E-state index contributed by atoms with van der Waals surface area (Å²) in [5.41, 5.74) is 5.63. The number of sulfonamides is 1. The highest BCUT2D eigenvalue weighted by Crippen LogP contribution is 2.26. The largest absolute Gasteiger partial charge is 0.326 e. The fourth-order valence-corrected chi connectivity index (χ4v) is 3.37. The van der Waals surface area contributed by atoms with Crippen LogP contribution in [0.1, 0.15) is 5.56 Å². The number of nitrogens with zero attached hydrogens (tertiary/aromatic N) is 1. The Hall–Kier alpha value is -1.99. The normalized spacial score (nSPS) is 11.4. The van der Waals surface area contributed by atoms with Crippen LogP contribution >= 0.6 is 0 Å². The minimum Gasteiger partial charge on any atom is -0.326 e. The molecule has 0 fully saturated rings. The number of hydrogen-bond acceptors (Lipinski definition) is 3. The summed E-state index contributed by atoms with van der Waals surface area (Å²) in [4.78, 5) is -0.268. The van der Waals surface area contributed by atoms with Gasteiger partial charge in [0.05, 0.1) is 10.6 Å². The summed E-state index contributed by atoms with van der Waals surface area (Å²) in [5, 5.41) is 0. The molecule has 0 heterocycles. The second-order valence-corrected chi connectivity index (χ2v) is 6.32. The summed E-state index contributed by atoms with van der Waals surface area (Å²) in [5.74, 6) is -1.39. The second-order valence-electron chi connectivity index (χ2n) is 4.38. The minimum absolute atomic E-state index is 0.0695. The van der Waals surface area contributed by atoms with Gasteiger partial charge in [0.25, 0.3) is 10.0 Å². The van der Waals surface area contributed by atoms with Crippen molar-refractivity contribution in [3.63, 3.8) is 0 Å². The molecule has 2 N–H and O–H groups in total. The molecular formula is C14H14F2N2O2S. The van der Waals surface area contributed by atoms with Gasteiger partial charge in [-0.05, 0) is 29.8 Å². The van der Waals surface area contributed by atoms with Crippen molar-refractivity contribution in [2.24, 2.45) is 5.73 Å². The van der Waals surface area contributed by atoms with Gasteiger partial charge in [-0.25, -0.2) is 17.2 Å². The lowest BCUT2D eigenvalue weighted by Gasteiger charge is -2.21. The van der Waals surface area contributed by atoms with Gasteiger partial charge in [0.15, 0.2) is 0 Å². The summed E-state index contributed by atoms with van der Waals surface area (Å²) in [6, 6.07) is 8.76. The smallest absolute Gasteiger partial charge is 0.264 e. The number of anilines is 1. The third-order valence-electron chi connectivity index (χ3n) is 3.08. The Bertz CT molecular complexity index is 763. The first-order chi connectivity index (χ1) is 9.87. The van der Waals surface area contributed by atoms with Crippen LogP contribution in [0.3, 0.4) is 0 Å². The maximum atomic E-state index is 13.7. The van der Waals surface area contributed by atoms with Crippen LogP contribution in [0.4, 0.5) is 14.5 Å². The molecule has 0 spiro atoms. The number of para-hydroxylation sites is 1. The van der Waals surface area contributed by atoms with E-state index in [0.29, 0.717) is 0 Å². The zero-order chi connectivity index (χ0) is 15.6.